The molecule has 0 aromatic rings. The zero-order chi connectivity index (χ0) is 11.8. The molecule has 1 aliphatic rings. The van der Waals surface area contributed by atoms with Crippen molar-refractivity contribution in [1.82, 2.24) is 4.90 Å². The van der Waals surface area contributed by atoms with Crippen LogP contribution in [0.3, 0.4) is 0 Å². The van der Waals surface area contributed by atoms with Crippen LogP contribution in [0.5, 0.6) is 0 Å². The van der Waals surface area contributed by atoms with Crippen molar-refractivity contribution >= 4 is 11.8 Å². The van der Waals surface area contributed by atoms with Gasteiger partial charge in [0.05, 0.1) is 26.4 Å². The predicted molar refractivity (Wildman–Crippen MR) is 57.8 cm³/mol. The molecule has 16 heavy (non-hydrogen) atoms. The van der Waals surface area contributed by atoms with Crippen LogP contribution < -0.4 is 0 Å². The van der Waals surface area contributed by atoms with Gasteiger partial charge in [0, 0.05) is 18.8 Å². The Labute approximate surface area is 95.0 Å². The van der Waals surface area contributed by atoms with E-state index in [2.05, 4.69) is 0 Å². The first-order chi connectivity index (χ1) is 7.75. The summed E-state index contributed by atoms with van der Waals surface area (Å²) in [5.41, 5.74) is 0. The van der Waals surface area contributed by atoms with Crippen LogP contribution >= 0.6 is 0 Å². The van der Waals surface area contributed by atoms with Gasteiger partial charge in [-0.15, -0.1) is 0 Å². The van der Waals surface area contributed by atoms with Gasteiger partial charge in [-0.25, -0.2) is 0 Å². The summed E-state index contributed by atoms with van der Waals surface area (Å²) in [6, 6.07) is 0. The van der Waals surface area contributed by atoms with Gasteiger partial charge in [-0.2, -0.15) is 0 Å². The summed E-state index contributed by atoms with van der Waals surface area (Å²) < 4.78 is 10.5. The number of nitrogens with zero attached hydrogens (tertiary/aromatic N) is 1. The fourth-order valence-corrected chi connectivity index (χ4v) is 1.27. The third kappa shape index (κ3) is 4.12. The highest BCUT2D eigenvalue weighted by atomic mass is 16.5. The third-order valence-electron chi connectivity index (χ3n) is 2.08. The van der Waals surface area contributed by atoms with E-state index in [9.17, 15) is 9.59 Å². The molecule has 0 N–H and O–H groups in total. The molecule has 0 aliphatic carbocycles. The Kier molecular flexibility index (Phi) is 5.74. The van der Waals surface area contributed by atoms with Gasteiger partial charge in [-0.3, -0.25) is 14.5 Å². The number of hydrogen-bond acceptors (Lipinski definition) is 4. The van der Waals surface area contributed by atoms with Crippen LogP contribution in [0.25, 0.3) is 0 Å². The van der Waals surface area contributed by atoms with Crippen molar-refractivity contribution in [2.75, 3.05) is 33.0 Å². The van der Waals surface area contributed by atoms with E-state index in [1.165, 1.54) is 12.2 Å². The number of rotatable bonds is 8. The smallest absolute Gasteiger partial charge is 0.253 e. The molecule has 0 atom stereocenters. The SMILES string of the molecule is CCCOCCOCCN1C(=O)C=CC1=O. The molecule has 0 unspecified atom stereocenters. The summed E-state index contributed by atoms with van der Waals surface area (Å²) in [7, 11) is 0. The molecule has 1 rings (SSSR count). The molecule has 90 valence electrons. The zero-order valence-corrected chi connectivity index (χ0v) is 9.48. The van der Waals surface area contributed by atoms with Crippen molar-refractivity contribution in [3.05, 3.63) is 12.2 Å². The van der Waals surface area contributed by atoms with Crippen LogP contribution in [-0.4, -0.2) is 49.7 Å². The Morgan fingerprint density at radius 2 is 1.56 bits per heavy atom. The minimum absolute atomic E-state index is 0.268. The van der Waals surface area contributed by atoms with E-state index >= 15 is 0 Å². The molecular weight excluding hydrogens is 210 g/mol. The second kappa shape index (κ2) is 7.14. The van der Waals surface area contributed by atoms with Gasteiger partial charge in [0.25, 0.3) is 11.8 Å². The first-order valence-electron chi connectivity index (χ1n) is 5.44. The Morgan fingerprint density at radius 3 is 2.12 bits per heavy atom. The highest BCUT2D eigenvalue weighted by molar-refractivity contribution is 6.12. The zero-order valence-electron chi connectivity index (χ0n) is 9.48. The van der Waals surface area contributed by atoms with Gasteiger partial charge in [0.2, 0.25) is 0 Å². The van der Waals surface area contributed by atoms with Gasteiger partial charge in [-0.1, -0.05) is 6.92 Å². The molecule has 0 bridgehead atoms. The number of amides is 2. The predicted octanol–water partition coefficient (Wildman–Crippen LogP) is 0.355. The Morgan fingerprint density at radius 1 is 1.00 bits per heavy atom. The van der Waals surface area contributed by atoms with Gasteiger partial charge < -0.3 is 9.47 Å². The number of carbonyl (C=O) groups is 2. The first-order valence-corrected chi connectivity index (χ1v) is 5.44. The lowest BCUT2D eigenvalue weighted by Crippen LogP contribution is -2.33. The fraction of sp³-hybridized carbons (Fsp3) is 0.636. The second-order valence-electron chi connectivity index (χ2n) is 3.39. The Balaban J connectivity index is 1.99. The van der Waals surface area contributed by atoms with Crippen LogP contribution in [-0.2, 0) is 19.1 Å². The largest absolute Gasteiger partial charge is 0.379 e. The summed E-state index contributed by atoms with van der Waals surface area (Å²) in [6.07, 6.45) is 3.53. The molecule has 5 heteroatoms. The van der Waals surface area contributed by atoms with Gasteiger partial charge in [-0.05, 0) is 6.42 Å². The monoisotopic (exact) mass is 227 g/mol. The minimum atomic E-state index is -0.268. The van der Waals surface area contributed by atoms with E-state index in [1.54, 1.807) is 0 Å². The van der Waals surface area contributed by atoms with Crippen molar-refractivity contribution in [2.24, 2.45) is 0 Å². The molecule has 0 aromatic carbocycles. The molecule has 2 amide bonds. The van der Waals surface area contributed by atoms with Crippen molar-refractivity contribution < 1.29 is 19.1 Å². The van der Waals surface area contributed by atoms with Crippen molar-refractivity contribution in [2.45, 2.75) is 13.3 Å². The van der Waals surface area contributed by atoms with Gasteiger partial charge in [0.1, 0.15) is 0 Å². The highest BCUT2D eigenvalue weighted by Crippen LogP contribution is 2.02. The number of ether oxygens (including phenoxy) is 2. The number of imide groups is 1. The maximum atomic E-state index is 11.1. The van der Waals surface area contributed by atoms with E-state index in [1.807, 2.05) is 6.92 Å². The molecule has 1 heterocycles. The van der Waals surface area contributed by atoms with Crippen LogP contribution in [0, 0.1) is 0 Å². The Bertz CT molecular complexity index is 257. The van der Waals surface area contributed by atoms with Gasteiger partial charge >= 0.3 is 0 Å². The Hall–Kier alpha value is -1.20. The topological polar surface area (TPSA) is 55.8 Å². The lowest BCUT2D eigenvalue weighted by atomic mass is 10.5. The molecule has 0 saturated carbocycles. The van der Waals surface area contributed by atoms with Crippen LogP contribution in [0.1, 0.15) is 13.3 Å². The molecule has 0 radical (unpaired) electrons. The molecule has 0 fully saturated rings. The van der Waals surface area contributed by atoms with Gasteiger partial charge in [0.15, 0.2) is 0 Å². The summed E-state index contributed by atoms with van der Waals surface area (Å²) in [5.74, 6) is -0.535. The first kappa shape index (κ1) is 12.9. The minimum Gasteiger partial charge on any atom is -0.379 e. The quantitative estimate of drug-likeness (QED) is 0.443. The van der Waals surface area contributed by atoms with E-state index < -0.39 is 0 Å². The van der Waals surface area contributed by atoms with Crippen LogP contribution in [0.15, 0.2) is 12.2 Å². The normalized spacial score (nSPS) is 15.2. The highest BCUT2D eigenvalue weighted by Gasteiger charge is 2.22. The second-order valence-corrected chi connectivity index (χ2v) is 3.39. The summed E-state index contributed by atoms with van der Waals surface area (Å²) in [5, 5.41) is 0. The molecule has 0 saturated heterocycles. The van der Waals surface area contributed by atoms with Crippen molar-refractivity contribution in [1.29, 1.82) is 0 Å². The average molecular weight is 227 g/mol. The summed E-state index contributed by atoms with van der Waals surface area (Å²) >= 11 is 0. The maximum Gasteiger partial charge on any atom is 0.253 e. The molecular formula is C11H17NO4. The maximum absolute atomic E-state index is 11.1. The van der Waals surface area contributed by atoms with Crippen LogP contribution in [0.2, 0.25) is 0 Å². The molecule has 5 nitrogen and oxygen atoms in total. The fourth-order valence-electron chi connectivity index (χ4n) is 1.27. The third-order valence-corrected chi connectivity index (χ3v) is 2.08. The molecule has 0 aromatic heterocycles. The van der Waals surface area contributed by atoms with E-state index in [-0.39, 0.29) is 11.8 Å². The summed E-state index contributed by atoms with van der Waals surface area (Å²) in [6.45, 7) is 4.47. The van der Waals surface area contributed by atoms with Crippen molar-refractivity contribution in [3.8, 4) is 0 Å². The van der Waals surface area contributed by atoms with E-state index in [0.29, 0.717) is 26.4 Å². The molecule has 0 spiro atoms. The standard InChI is InChI=1S/C11H17NO4/c1-2-6-15-8-9-16-7-5-12-10(13)3-4-11(12)14/h3-4H,2,5-9H2,1H3. The average Bonchev–Trinajstić information content (AvgIpc) is 2.59. The van der Waals surface area contributed by atoms with Crippen molar-refractivity contribution in [3.63, 3.8) is 0 Å². The van der Waals surface area contributed by atoms with Crippen LogP contribution in [0.4, 0.5) is 0 Å². The lowest BCUT2D eigenvalue weighted by molar-refractivity contribution is -0.137. The van der Waals surface area contributed by atoms with E-state index in [0.717, 1.165) is 17.9 Å². The lowest BCUT2D eigenvalue weighted by Gasteiger charge is -2.13. The number of carbonyl (C=O) groups excluding carboxylic acids is 2. The summed E-state index contributed by atoms with van der Waals surface area (Å²) in [4.78, 5) is 23.4. The molecule has 1 aliphatic heterocycles. The van der Waals surface area contributed by atoms with E-state index in [4.69, 9.17) is 9.47 Å². The number of hydrogen-bond donors (Lipinski definition) is 0.